The van der Waals surface area contributed by atoms with E-state index in [-0.39, 0.29) is 0 Å². The summed E-state index contributed by atoms with van der Waals surface area (Å²) < 4.78 is 10.4. The van der Waals surface area contributed by atoms with Crippen molar-refractivity contribution in [2.45, 2.75) is 0 Å². The summed E-state index contributed by atoms with van der Waals surface area (Å²) in [6.45, 7) is 0.587. The van der Waals surface area contributed by atoms with E-state index in [1.54, 1.807) is 18.2 Å². The van der Waals surface area contributed by atoms with Crippen molar-refractivity contribution in [2.75, 3.05) is 19.0 Å². The van der Waals surface area contributed by atoms with Gasteiger partial charge in [0, 0.05) is 11.4 Å². The van der Waals surface area contributed by atoms with Gasteiger partial charge in [-0.25, -0.2) is 0 Å². The number of aldehydes is 1. The van der Waals surface area contributed by atoms with Crippen molar-refractivity contribution in [3.05, 3.63) is 23.8 Å². The van der Waals surface area contributed by atoms with Crippen LogP contribution in [0.1, 0.15) is 10.4 Å². The molecule has 0 N–H and O–H groups in total. The molecule has 0 atom stereocenters. The number of benzene rings is 1. The molecule has 3 nitrogen and oxygen atoms in total. The molecule has 0 saturated carbocycles. The molecule has 76 valence electrons. The summed E-state index contributed by atoms with van der Waals surface area (Å²) >= 11 is 3.26. The van der Waals surface area contributed by atoms with Crippen molar-refractivity contribution < 1.29 is 14.3 Å². The molecule has 0 aliphatic carbocycles. The van der Waals surface area contributed by atoms with Crippen LogP contribution in [0.4, 0.5) is 0 Å². The highest BCUT2D eigenvalue weighted by Crippen LogP contribution is 2.23. The number of hydrogen-bond donors (Lipinski definition) is 0. The molecule has 0 radical (unpaired) electrons. The lowest BCUT2D eigenvalue weighted by atomic mass is 10.2. The summed E-state index contributed by atoms with van der Waals surface area (Å²) in [6, 6.07) is 5.12. The smallest absolute Gasteiger partial charge is 0.153 e. The number of alkyl halides is 1. The van der Waals surface area contributed by atoms with E-state index in [0.29, 0.717) is 23.7 Å². The first-order valence-electron chi connectivity index (χ1n) is 4.13. The van der Waals surface area contributed by atoms with Crippen LogP contribution in [0.2, 0.25) is 0 Å². The van der Waals surface area contributed by atoms with Gasteiger partial charge in [-0.2, -0.15) is 0 Å². The van der Waals surface area contributed by atoms with Gasteiger partial charge in [0.05, 0.1) is 19.3 Å². The predicted molar refractivity (Wildman–Crippen MR) is 57.7 cm³/mol. The Morgan fingerprint density at radius 3 is 2.86 bits per heavy atom. The molecule has 0 unspecified atom stereocenters. The number of rotatable bonds is 5. The number of hydrogen-bond acceptors (Lipinski definition) is 3. The molecule has 1 aromatic rings. The Morgan fingerprint density at radius 1 is 1.50 bits per heavy atom. The van der Waals surface area contributed by atoms with Crippen LogP contribution >= 0.6 is 15.9 Å². The molecular formula is C10H11BrO3. The van der Waals surface area contributed by atoms with Gasteiger partial charge in [0.1, 0.15) is 11.5 Å². The van der Waals surface area contributed by atoms with Crippen molar-refractivity contribution in [3.63, 3.8) is 0 Å². The molecule has 0 amide bonds. The van der Waals surface area contributed by atoms with E-state index in [2.05, 4.69) is 15.9 Å². The Balaban J connectivity index is 2.84. The average molecular weight is 259 g/mol. The normalized spacial score (nSPS) is 9.57. The molecule has 0 heterocycles. The Hall–Kier alpha value is -1.03. The largest absolute Gasteiger partial charge is 0.496 e. The number of halogens is 1. The zero-order valence-corrected chi connectivity index (χ0v) is 9.41. The molecule has 0 aromatic heterocycles. The van der Waals surface area contributed by atoms with Crippen molar-refractivity contribution in [2.24, 2.45) is 0 Å². The van der Waals surface area contributed by atoms with Gasteiger partial charge >= 0.3 is 0 Å². The fourth-order valence-corrected chi connectivity index (χ4v) is 1.20. The monoisotopic (exact) mass is 258 g/mol. The zero-order chi connectivity index (χ0) is 10.4. The quantitative estimate of drug-likeness (QED) is 0.601. The van der Waals surface area contributed by atoms with Crippen LogP contribution < -0.4 is 9.47 Å². The Labute approximate surface area is 91.1 Å². The van der Waals surface area contributed by atoms with Crippen LogP contribution in [-0.2, 0) is 0 Å². The fraction of sp³-hybridized carbons (Fsp3) is 0.300. The Bertz CT molecular complexity index is 312. The average Bonchev–Trinajstić information content (AvgIpc) is 2.25. The molecule has 0 aliphatic rings. The molecule has 0 bridgehead atoms. The minimum absolute atomic E-state index is 0.527. The van der Waals surface area contributed by atoms with E-state index in [4.69, 9.17) is 9.47 Å². The lowest BCUT2D eigenvalue weighted by Crippen LogP contribution is -1.99. The number of carbonyl (C=O) groups is 1. The Kier molecular flexibility index (Phi) is 4.46. The van der Waals surface area contributed by atoms with E-state index >= 15 is 0 Å². The third-order valence-electron chi connectivity index (χ3n) is 1.68. The van der Waals surface area contributed by atoms with Gasteiger partial charge in [-0.3, -0.25) is 4.79 Å². The van der Waals surface area contributed by atoms with Crippen LogP contribution in [0.25, 0.3) is 0 Å². The molecule has 4 heteroatoms. The summed E-state index contributed by atoms with van der Waals surface area (Å²) in [4.78, 5) is 10.6. The third-order valence-corrected chi connectivity index (χ3v) is 2.00. The summed E-state index contributed by atoms with van der Waals surface area (Å²) in [5.41, 5.74) is 0.527. The van der Waals surface area contributed by atoms with Crippen LogP contribution in [0.3, 0.4) is 0 Å². The van der Waals surface area contributed by atoms with Crippen molar-refractivity contribution in [1.82, 2.24) is 0 Å². The van der Waals surface area contributed by atoms with Crippen LogP contribution in [0, 0.1) is 0 Å². The summed E-state index contributed by atoms with van der Waals surface area (Å²) in [7, 11) is 1.52. The van der Waals surface area contributed by atoms with Gasteiger partial charge < -0.3 is 9.47 Å². The van der Waals surface area contributed by atoms with E-state index in [9.17, 15) is 4.79 Å². The highest BCUT2D eigenvalue weighted by molar-refractivity contribution is 9.09. The molecule has 14 heavy (non-hydrogen) atoms. The van der Waals surface area contributed by atoms with E-state index in [1.807, 2.05) is 0 Å². The highest BCUT2D eigenvalue weighted by atomic mass is 79.9. The van der Waals surface area contributed by atoms with Crippen LogP contribution in [-0.4, -0.2) is 25.3 Å². The molecule has 0 saturated heterocycles. The molecule has 1 aromatic carbocycles. The molecule has 0 spiro atoms. The second-order valence-corrected chi connectivity index (χ2v) is 3.35. The lowest BCUT2D eigenvalue weighted by Gasteiger charge is -2.07. The van der Waals surface area contributed by atoms with Crippen molar-refractivity contribution in [1.29, 1.82) is 0 Å². The minimum atomic E-state index is 0.527. The summed E-state index contributed by atoms with van der Waals surface area (Å²) in [5, 5.41) is 0.769. The first-order chi connectivity index (χ1) is 6.81. The fourth-order valence-electron chi connectivity index (χ4n) is 1.04. The van der Waals surface area contributed by atoms with E-state index in [1.165, 1.54) is 7.11 Å². The first-order valence-corrected chi connectivity index (χ1v) is 5.26. The molecular weight excluding hydrogens is 248 g/mol. The maximum absolute atomic E-state index is 10.6. The first kappa shape index (κ1) is 11.0. The lowest BCUT2D eigenvalue weighted by molar-refractivity contribution is 0.112. The van der Waals surface area contributed by atoms with Gasteiger partial charge in [-0.1, -0.05) is 15.9 Å². The molecule has 1 rings (SSSR count). The topological polar surface area (TPSA) is 35.5 Å². The van der Waals surface area contributed by atoms with Gasteiger partial charge in [0.25, 0.3) is 0 Å². The maximum atomic E-state index is 10.6. The standard InChI is InChI=1S/C10H11BrO3/c1-13-10-6-9(14-5-4-11)3-2-8(10)7-12/h2-3,6-7H,4-5H2,1H3. The van der Waals surface area contributed by atoms with Gasteiger partial charge in [0.2, 0.25) is 0 Å². The SMILES string of the molecule is COc1cc(OCCBr)ccc1C=O. The second kappa shape index (κ2) is 5.65. The van der Waals surface area contributed by atoms with Crippen LogP contribution in [0.15, 0.2) is 18.2 Å². The number of ether oxygens (including phenoxy) is 2. The van der Waals surface area contributed by atoms with Gasteiger partial charge in [-0.05, 0) is 12.1 Å². The molecule has 0 aliphatic heterocycles. The van der Waals surface area contributed by atoms with Crippen molar-refractivity contribution in [3.8, 4) is 11.5 Å². The number of methoxy groups -OCH3 is 1. The maximum Gasteiger partial charge on any atom is 0.153 e. The highest BCUT2D eigenvalue weighted by Gasteiger charge is 2.03. The minimum Gasteiger partial charge on any atom is -0.496 e. The zero-order valence-electron chi connectivity index (χ0n) is 7.83. The third kappa shape index (κ3) is 2.73. The Morgan fingerprint density at radius 2 is 2.29 bits per heavy atom. The second-order valence-electron chi connectivity index (χ2n) is 2.56. The summed E-state index contributed by atoms with van der Waals surface area (Å²) in [6.07, 6.45) is 0.757. The molecule has 0 fully saturated rings. The summed E-state index contributed by atoms with van der Waals surface area (Å²) in [5.74, 6) is 1.24. The van der Waals surface area contributed by atoms with E-state index < -0.39 is 0 Å². The van der Waals surface area contributed by atoms with Gasteiger partial charge in [0.15, 0.2) is 6.29 Å². The van der Waals surface area contributed by atoms with E-state index in [0.717, 1.165) is 11.6 Å². The van der Waals surface area contributed by atoms with Gasteiger partial charge in [-0.15, -0.1) is 0 Å². The predicted octanol–water partition coefficient (Wildman–Crippen LogP) is 2.28. The number of carbonyl (C=O) groups excluding carboxylic acids is 1. The van der Waals surface area contributed by atoms with Crippen LogP contribution in [0.5, 0.6) is 11.5 Å². The van der Waals surface area contributed by atoms with Crippen molar-refractivity contribution >= 4 is 22.2 Å².